The van der Waals surface area contributed by atoms with Gasteiger partial charge in [0.1, 0.15) is 5.70 Å². The van der Waals surface area contributed by atoms with E-state index in [1.54, 1.807) is 30.3 Å². The number of carbonyl (C=O) groups excluding carboxylic acids is 2. The van der Waals surface area contributed by atoms with Gasteiger partial charge in [0.05, 0.1) is 36.5 Å². The molecule has 0 fully saturated rings. The molecule has 1 atom stereocenters. The number of sulfonamides is 1. The Hall–Kier alpha value is -4.55. The number of nitrogens with one attached hydrogen (secondary N) is 3. The maximum Gasteiger partial charge on any atom is 0.269 e. The van der Waals surface area contributed by atoms with Crippen molar-refractivity contribution < 1.29 is 22.7 Å². The number of nitrogens with two attached hydrogens (primary N) is 2. The summed E-state index contributed by atoms with van der Waals surface area (Å²) in [4.78, 5) is 26.0. The Morgan fingerprint density at radius 2 is 1.64 bits per heavy atom. The second-order valence-electron chi connectivity index (χ2n) is 10.8. The van der Waals surface area contributed by atoms with Crippen molar-refractivity contribution in [2.75, 3.05) is 28.4 Å². The topological polar surface area (TPSA) is 169 Å². The maximum atomic E-state index is 13.3. The Morgan fingerprint density at radius 3 is 2.24 bits per heavy atom. The van der Waals surface area contributed by atoms with Crippen LogP contribution in [0, 0.1) is 0 Å². The number of hydrogen-bond acceptors (Lipinski definition) is 8. The Kier molecular flexibility index (Phi) is 9.87. The monoisotopic (exact) mass is 594 g/mol. The van der Waals surface area contributed by atoms with Gasteiger partial charge >= 0.3 is 0 Å². The third kappa shape index (κ3) is 8.48. The van der Waals surface area contributed by atoms with Gasteiger partial charge in [-0.1, -0.05) is 57.2 Å². The van der Waals surface area contributed by atoms with Crippen molar-refractivity contribution in [2.24, 2.45) is 11.6 Å². The number of benzene rings is 3. The van der Waals surface area contributed by atoms with Crippen LogP contribution in [0.3, 0.4) is 0 Å². The first-order valence-electron chi connectivity index (χ1n) is 13.1. The van der Waals surface area contributed by atoms with Crippen LogP contribution in [0.25, 0.3) is 0 Å². The molecule has 0 bridgehead atoms. The SMILES string of the molecule is COc1c(NC(=O)c2cccc(N(N)/C=C(\N)C(=O)N[C@H](C)c3ccccc3)c2)cc(C(C)(C)C)cc1NS(C)(=O)=O. The maximum absolute atomic E-state index is 13.3. The highest BCUT2D eigenvalue weighted by atomic mass is 32.2. The van der Waals surface area contributed by atoms with Crippen LogP contribution >= 0.6 is 0 Å². The van der Waals surface area contributed by atoms with E-state index in [0.29, 0.717) is 5.69 Å². The van der Waals surface area contributed by atoms with Crippen molar-refractivity contribution in [3.05, 3.63) is 95.3 Å². The molecule has 0 aliphatic rings. The normalized spacial score (nSPS) is 12.7. The van der Waals surface area contributed by atoms with Crippen LogP contribution in [-0.2, 0) is 20.2 Å². The number of ether oxygens (including phenoxy) is 1. The van der Waals surface area contributed by atoms with Gasteiger partial charge in [-0.15, -0.1) is 0 Å². The van der Waals surface area contributed by atoms with E-state index < -0.39 is 21.8 Å². The van der Waals surface area contributed by atoms with E-state index in [1.165, 1.54) is 19.4 Å². The zero-order valence-electron chi connectivity index (χ0n) is 24.6. The van der Waals surface area contributed by atoms with Crippen LogP contribution < -0.4 is 36.7 Å². The molecule has 0 saturated heterocycles. The molecule has 0 unspecified atom stereocenters. The van der Waals surface area contributed by atoms with Crippen LogP contribution in [0.2, 0.25) is 0 Å². The molecule has 2 amide bonds. The molecule has 0 radical (unpaired) electrons. The predicted molar refractivity (Wildman–Crippen MR) is 166 cm³/mol. The van der Waals surface area contributed by atoms with Gasteiger partial charge in [-0.05, 0) is 53.8 Å². The first-order valence-corrected chi connectivity index (χ1v) is 15.0. The van der Waals surface area contributed by atoms with Gasteiger partial charge in [-0.2, -0.15) is 0 Å². The molecule has 3 aromatic carbocycles. The number of amides is 2. The summed E-state index contributed by atoms with van der Waals surface area (Å²) in [6, 6.07) is 19.0. The van der Waals surface area contributed by atoms with Crippen molar-refractivity contribution in [3.8, 4) is 5.75 Å². The number of anilines is 3. The summed E-state index contributed by atoms with van der Waals surface area (Å²) < 4.78 is 32.0. The highest BCUT2D eigenvalue weighted by molar-refractivity contribution is 7.92. The number of nitrogens with zero attached hydrogens (tertiary/aromatic N) is 1. The molecule has 0 aliphatic carbocycles. The van der Waals surface area contributed by atoms with Crippen LogP contribution in [0.1, 0.15) is 55.2 Å². The average molecular weight is 595 g/mol. The Balaban J connectivity index is 1.84. The molecule has 0 aliphatic heterocycles. The predicted octanol–water partition coefficient (Wildman–Crippen LogP) is 3.97. The highest BCUT2D eigenvalue weighted by Crippen LogP contribution is 2.39. The number of methoxy groups -OCH3 is 1. The lowest BCUT2D eigenvalue weighted by atomic mass is 9.86. The second kappa shape index (κ2) is 13.0. The minimum absolute atomic E-state index is 0.121. The summed E-state index contributed by atoms with van der Waals surface area (Å²) in [6.07, 6.45) is 2.30. The van der Waals surface area contributed by atoms with Gasteiger partial charge in [0.2, 0.25) is 10.0 Å². The molecule has 3 rings (SSSR count). The van der Waals surface area contributed by atoms with E-state index in [9.17, 15) is 18.0 Å². The van der Waals surface area contributed by atoms with E-state index in [2.05, 4.69) is 15.4 Å². The van der Waals surface area contributed by atoms with Crippen molar-refractivity contribution in [1.29, 1.82) is 0 Å². The van der Waals surface area contributed by atoms with Gasteiger partial charge in [-0.25, -0.2) is 14.3 Å². The minimum atomic E-state index is -3.63. The van der Waals surface area contributed by atoms with Crippen molar-refractivity contribution in [1.82, 2.24) is 5.32 Å². The van der Waals surface area contributed by atoms with Gasteiger partial charge in [-0.3, -0.25) is 19.3 Å². The minimum Gasteiger partial charge on any atom is -0.492 e. The summed E-state index contributed by atoms with van der Waals surface area (Å²) in [7, 11) is -2.24. The molecule has 12 heteroatoms. The van der Waals surface area contributed by atoms with Crippen molar-refractivity contribution in [3.63, 3.8) is 0 Å². The molecule has 0 saturated carbocycles. The number of carbonyl (C=O) groups is 2. The first kappa shape index (κ1) is 32.0. The molecular formula is C30H38N6O5S. The van der Waals surface area contributed by atoms with Gasteiger partial charge < -0.3 is 21.1 Å². The summed E-state index contributed by atoms with van der Waals surface area (Å²) in [5, 5.41) is 6.78. The molecule has 0 spiro atoms. The fourth-order valence-corrected chi connectivity index (χ4v) is 4.59. The molecule has 3 aromatic rings. The van der Waals surface area contributed by atoms with Crippen molar-refractivity contribution >= 4 is 38.9 Å². The van der Waals surface area contributed by atoms with Crippen LogP contribution in [-0.4, -0.2) is 33.6 Å². The smallest absolute Gasteiger partial charge is 0.269 e. The first-order chi connectivity index (χ1) is 19.6. The molecule has 0 aromatic heterocycles. The summed E-state index contributed by atoms with van der Waals surface area (Å²) in [5.41, 5.74) is 8.34. The molecule has 7 N–H and O–H groups in total. The highest BCUT2D eigenvalue weighted by Gasteiger charge is 2.23. The lowest BCUT2D eigenvalue weighted by Crippen LogP contribution is -2.34. The standard InChI is InChI=1S/C30H38N6O5S/c1-19(20-11-8-7-9-12-20)33-29(38)24(31)18-36(32)23-14-10-13-21(15-23)28(37)34-25-16-22(30(2,3)4)17-26(27(25)41-5)35-42(6,39)40/h7-19,35H,31-32H2,1-6H3,(H,33,38)(H,34,37)/b24-18-/t19-/m1/s1. The van der Waals surface area contributed by atoms with Gasteiger partial charge in [0.25, 0.3) is 11.8 Å². The van der Waals surface area contributed by atoms with Crippen molar-refractivity contribution in [2.45, 2.75) is 39.2 Å². The lowest BCUT2D eigenvalue weighted by molar-refractivity contribution is -0.118. The van der Waals surface area contributed by atoms with Crippen LogP contribution in [0.5, 0.6) is 5.75 Å². The summed E-state index contributed by atoms with van der Waals surface area (Å²) in [5.74, 6) is 5.33. The van der Waals surface area contributed by atoms with Crippen LogP contribution in [0.4, 0.5) is 17.1 Å². The molecule has 11 nitrogen and oxygen atoms in total. The Labute approximate surface area is 246 Å². The number of rotatable bonds is 10. The Morgan fingerprint density at radius 1 is 1.00 bits per heavy atom. The van der Waals surface area contributed by atoms with Gasteiger partial charge in [0.15, 0.2) is 5.75 Å². The zero-order valence-corrected chi connectivity index (χ0v) is 25.4. The number of hydrogen-bond donors (Lipinski definition) is 5. The van der Waals surface area contributed by atoms with E-state index in [4.69, 9.17) is 16.3 Å². The molecular weight excluding hydrogens is 556 g/mol. The van der Waals surface area contributed by atoms with E-state index in [1.807, 2.05) is 58.0 Å². The fourth-order valence-electron chi connectivity index (χ4n) is 4.04. The van der Waals surface area contributed by atoms with Crippen LogP contribution in [0.15, 0.2) is 78.6 Å². The van der Waals surface area contributed by atoms with Gasteiger partial charge in [0, 0.05) is 11.8 Å². The molecule has 42 heavy (non-hydrogen) atoms. The third-order valence-corrected chi connectivity index (χ3v) is 6.89. The summed E-state index contributed by atoms with van der Waals surface area (Å²) >= 11 is 0. The Bertz CT molecular complexity index is 1580. The second-order valence-corrected chi connectivity index (χ2v) is 12.6. The third-order valence-electron chi connectivity index (χ3n) is 6.30. The lowest BCUT2D eigenvalue weighted by Gasteiger charge is -2.24. The largest absolute Gasteiger partial charge is 0.492 e. The summed E-state index contributed by atoms with van der Waals surface area (Å²) in [6.45, 7) is 7.73. The average Bonchev–Trinajstić information content (AvgIpc) is 2.92. The quantitative estimate of drug-likeness (QED) is 0.133. The fraction of sp³-hybridized carbons (Fsp3) is 0.267. The zero-order chi connectivity index (χ0) is 31.2. The van der Waals surface area contributed by atoms with E-state index in [0.717, 1.165) is 22.4 Å². The van der Waals surface area contributed by atoms with E-state index >= 15 is 0 Å². The van der Waals surface area contributed by atoms with E-state index in [-0.39, 0.29) is 39.8 Å². The molecule has 0 heterocycles. The number of hydrazine groups is 1. The molecule has 224 valence electrons.